The molecule has 3 heteroatoms. The number of aryl methyl sites for hydroxylation is 1. The maximum Gasteiger partial charge on any atom is 0.240 e. The number of nitrogens with zero attached hydrogens (tertiary/aromatic N) is 1. The predicted octanol–water partition coefficient (Wildman–Crippen LogP) is 2.53. The van der Waals surface area contributed by atoms with Crippen LogP contribution in [0.1, 0.15) is 5.56 Å². The standard InChI is InChI=1S/C11H11NO2/c1-3-6-14-11-7-10(12-8-13)5-4-9(11)2/h3-5,7H,1,6H2,2H3. The molecule has 0 N–H and O–H groups in total. The number of aliphatic imine (C=N–C) groups is 1. The van der Waals surface area contributed by atoms with E-state index in [4.69, 9.17) is 4.74 Å². The van der Waals surface area contributed by atoms with Crippen molar-refractivity contribution in [2.45, 2.75) is 6.92 Å². The van der Waals surface area contributed by atoms with Crippen LogP contribution in [-0.4, -0.2) is 12.7 Å². The lowest BCUT2D eigenvalue weighted by Crippen LogP contribution is -1.94. The molecule has 0 atom stereocenters. The van der Waals surface area contributed by atoms with E-state index < -0.39 is 0 Å². The fraction of sp³-hybridized carbons (Fsp3) is 0.182. The van der Waals surface area contributed by atoms with Gasteiger partial charge in [-0.05, 0) is 18.6 Å². The summed E-state index contributed by atoms with van der Waals surface area (Å²) < 4.78 is 5.37. The highest BCUT2D eigenvalue weighted by Gasteiger charge is 1.99. The zero-order valence-corrected chi connectivity index (χ0v) is 7.99. The van der Waals surface area contributed by atoms with Gasteiger partial charge in [-0.3, -0.25) is 0 Å². The molecule has 0 aliphatic carbocycles. The van der Waals surface area contributed by atoms with E-state index in [0.29, 0.717) is 18.0 Å². The van der Waals surface area contributed by atoms with Crippen molar-refractivity contribution < 1.29 is 9.53 Å². The van der Waals surface area contributed by atoms with E-state index in [-0.39, 0.29) is 0 Å². The molecule has 0 saturated heterocycles. The van der Waals surface area contributed by atoms with Crippen LogP contribution in [0.3, 0.4) is 0 Å². The summed E-state index contributed by atoms with van der Waals surface area (Å²) in [6.45, 7) is 5.92. The van der Waals surface area contributed by atoms with E-state index in [9.17, 15) is 4.79 Å². The predicted molar refractivity (Wildman–Crippen MR) is 54.7 cm³/mol. The smallest absolute Gasteiger partial charge is 0.240 e. The fourth-order valence-electron chi connectivity index (χ4n) is 1.02. The normalized spacial score (nSPS) is 8.93. The molecule has 0 bridgehead atoms. The van der Waals surface area contributed by atoms with Gasteiger partial charge in [-0.2, -0.15) is 4.99 Å². The Labute approximate surface area is 82.7 Å². The van der Waals surface area contributed by atoms with Gasteiger partial charge >= 0.3 is 0 Å². The number of hydrogen-bond donors (Lipinski definition) is 0. The minimum Gasteiger partial charge on any atom is -0.489 e. The maximum absolute atomic E-state index is 10.0. The van der Waals surface area contributed by atoms with Crippen molar-refractivity contribution >= 4 is 11.8 Å². The monoisotopic (exact) mass is 189 g/mol. The molecule has 0 fully saturated rings. The van der Waals surface area contributed by atoms with Gasteiger partial charge in [-0.25, -0.2) is 4.79 Å². The van der Waals surface area contributed by atoms with Crippen LogP contribution in [0.4, 0.5) is 5.69 Å². The Bertz CT molecular complexity index is 379. The van der Waals surface area contributed by atoms with E-state index in [1.807, 2.05) is 13.0 Å². The van der Waals surface area contributed by atoms with Crippen LogP contribution in [0, 0.1) is 6.92 Å². The molecule has 0 radical (unpaired) electrons. The van der Waals surface area contributed by atoms with Crippen LogP contribution in [0.25, 0.3) is 0 Å². The van der Waals surface area contributed by atoms with Gasteiger partial charge in [0.25, 0.3) is 0 Å². The average Bonchev–Trinajstić information content (AvgIpc) is 2.19. The first-order valence-corrected chi connectivity index (χ1v) is 4.20. The molecule has 0 aromatic heterocycles. The molecular formula is C11H11NO2. The highest BCUT2D eigenvalue weighted by atomic mass is 16.5. The Morgan fingerprint density at radius 1 is 1.64 bits per heavy atom. The number of benzene rings is 1. The van der Waals surface area contributed by atoms with Crippen LogP contribution in [0.5, 0.6) is 5.75 Å². The molecule has 14 heavy (non-hydrogen) atoms. The lowest BCUT2D eigenvalue weighted by molar-refractivity contribution is 0.361. The molecule has 0 spiro atoms. The largest absolute Gasteiger partial charge is 0.489 e. The van der Waals surface area contributed by atoms with E-state index in [1.165, 1.54) is 6.08 Å². The van der Waals surface area contributed by atoms with Gasteiger partial charge in [0.05, 0.1) is 5.69 Å². The van der Waals surface area contributed by atoms with Crippen molar-refractivity contribution in [1.29, 1.82) is 0 Å². The van der Waals surface area contributed by atoms with Gasteiger partial charge in [0.1, 0.15) is 12.4 Å². The highest BCUT2D eigenvalue weighted by molar-refractivity contribution is 5.53. The van der Waals surface area contributed by atoms with Crippen LogP contribution in [0.15, 0.2) is 35.8 Å². The molecule has 0 unspecified atom stereocenters. The summed E-state index contributed by atoms with van der Waals surface area (Å²) >= 11 is 0. The fourth-order valence-corrected chi connectivity index (χ4v) is 1.02. The van der Waals surface area contributed by atoms with Crippen molar-refractivity contribution in [2.24, 2.45) is 4.99 Å². The minimum absolute atomic E-state index is 0.440. The van der Waals surface area contributed by atoms with Crippen LogP contribution in [0.2, 0.25) is 0 Å². The first-order chi connectivity index (χ1) is 6.77. The number of rotatable bonds is 4. The molecule has 72 valence electrons. The Morgan fingerprint density at radius 2 is 2.43 bits per heavy atom. The quantitative estimate of drug-likeness (QED) is 0.414. The summed E-state index contributed by atoms with van der Waals surface area (Å²) in [6, 6.07) is 5.28. The van der Waals surface area contributed by atoms with Gasteiger partial charge in [0.15, 0.2) is 0 Å². The highest BCUT2D eigenvalue weighted by Crippen LogP contribution is 2.24. The van der Waals surface area contributed by atoms with Crippen molar-refractivity contribution in [1.82, 2.24) is 0 Å². The van der Waals surface area contributed by atoms with E-state index in [1.54, 1.807) is 18.2 Å². The third kappa shape index (κ3) is 2.57. The van der Waals surface area contributed by atoms with Crippen molar-refractivity contribution in [3.05, 3.63) is 36.4 Å². The van der Waals surface area contributed by atoms with Crippen molar-refractivity contribution in [3.8, 4) is 5.75 Å². The molecular weight excluding hydrogens is 178 g/mol. The summed E-state index contributed by atoms with van der Waals surface area (Å²) in [4.78, 5) is 13.5. The average molecular weight is 189 g/mol. The molecule has 1 rings (SSSR count). The Morgan fingerprint density at radius 3 is 3.07 bits per heavy atom. The number of hydrogen-bond acceptors (Lipinski definition) is 3. The number of carbonyl (C=O) groups excluding carboxylic acids is 1. The van der Waals surface area contributed by atoms with Gasteiger partial charge < -0.3 is 4.74 Å². The molecule has 0 aliphatic heterocycles. The molecule has 1 aromatic rings. The summed E-state index contributed by atoms with van der Waals surface area (Å²) in [5, 5.41) is 0. The summed E-state index contributed by atoms with van der Waals surface area (Å²) in [5.74, 6) is 0.710. The summed E-state index contributed by atoms with van der Waals surface area (Å²) in [7, 11) is 0. The Kier molecular flexibility index (Phi) is 3.65. The second kappa shape index (κ2) is 5.00. The summed E-state index contributed by atoms with van der Waals surface area (Å²) in [6.07, 6.45) is 3.15. The maximum atomic E-state index is 10.0. The van der Waals surface area contributed by atoms with Crippen molar-refractivity contribution in [2.75, 3.05) is 6.61 Å². The van der Waals surface area contributed by atoms with E-state index >= 15 is 0 Å². The molecule has 0 saturated carbocycles. The van der Waals surface area contributed by atoms with Gasteiger partial charge in [-0.15, -0.1) is 0 Å². The molecule has 3 nitrogen and oxygen atoms in total. The van der Waals surface area contributed by atoms with Crippen LogP contribution in [-0.2, 0) is 4.79 Å². The second-order valence-corrected chi connectivity index (χ2v) is 2.75. The molecule has 1 aromatic carbocycles. The van der Waals surface area contributed by atoms with Gasteiger partial charge in [0, 0.05) is 6.07 Å². The molecule has 0 amide bonds. The molecule has 0 aliphatic rings. The van der Waals surface area contributed by atoms with Crippen molar-refractivity contribution in [3.63, 3.8) is 0 Å². The number of isocyanates is 1. The van der Waals surface area contributed by atoms with Crippen LogP contribution >= 0.6 is 0 Å². The Balaban J connectivity index is 2.95. The topological polar surface area (TPSA) is 38.7 Å². The SMILES string of the molecule is C=CCOc1cc(N=C=O)ccc1C. The van der Waals surface area contributed by atoms with Gasteiger partial charge in [-0.1, -0.05) is 18.7 Å². The lowest BCUT2D eigenvalue weighted by Gasteiger charge is -2.06. The third-order valence-electron chi connectivity index (χ3n) is 1.70. The van der Waals surface area contributed by atoms with E-state index in [2.05, 4.69) is 11.6 Å². The second-order valence-electron chi connectivity index (χ2n) is 2.75. The minimum atomic E-state index is 0.440. The van der Waals surface area contributed by atoms with Crippen LogP contribution < -0.4 is 4.74 Å². The zero-order valence-electron chi connectivity index (χ0n) is 7.99. The zero-order chi connectivity index (χ0) is 10.4. The first kappa shape index (κ1) is 10.2. The lowest BCUT2D eigenvalue weighted by atomic mass is 10.2. The summed E-state index contributed by atoms with van der Waals surface area (Å²) in [5.41, 5.74) is 1.54. The molecule has 0 heterocycles. The Hall–Kier alpha value is -1.86. The number of ether oxygens (including phenoxy) is 1. The third-order valence-corrected chi connectivity index (χ3v) is 1.70. The van der Waals surface area contributed by atoms with E-state index in [0.717, 1.165) is 5.56 Å². The first-order valence-electron chi connectivity index (χ1n) is 4.20. The van der Waals surface area contributed by atoms with Gasteiger partial charge in [0.2, 0.25) is 6.08 Å².